The van der Waals surface area contributed by atoms with Gasteiger partial charge in [0, 0.05) is 29.8 Å². The first-order valence-corrected chi connectivity index (χ1v) is 10.7. The van der Waals surface area contributed by atoms with Crippen molar-refractivity contribution in [1.29, 1.82) is 0 Å². The van der Waals surface area contributed by atoms with Crippen molar-refractivity contribution in [2.24, 2.45) is 5.92 Å². The average molecular weight is 503 g/mol. The highest BCUT2D eigenvalue weighted by Gasteiger charge is 2.29. The zero-order valence-electron chi connectivity index (χ0n) is 19.6. The summed E-state index contributed by atoms with van der Waals surface area (Å²) in [5, 5.41) is 2.67. The topological polar surface area (TPSA) is 90.4 Å². The lowest BCUT2D eigenvalue weighted by Gasteiger charge is -2.18. The number of rotatable bonds is 11. The van der Waals surface area contributed by atoms with Crippen LogP contribution in [0.25, 0.3) is 0 Å². The summed E-state index contributed by atoms with van der Waals surface area (Å²) < 4.78 is 71.9. The molecule has 0 radical (unpaired) electrons. The summed E-state index contributed by atoms with van der Waals surface area (Å²) in [4.78, 5) is 32.9. The number of pyridine rings is 2. The van der Waals surface area contributed by atoms with Gasteiger partial charge in [0.15, 0.2) is 13.2 Å². The summed E-state index contributed by atoms with van der Waals surface area (Å²) in [6, 6.07) is 4.88. The van der Waals surface area contributed by atoms with Crippen molar-refractivity contribution in [1.82, 2.24) is 15.3 Å². The number of nitrogens with one attached hydrogen (secondary N) is 1. The van der Waals surface area contributed by atoms with Gasteiger partial charge in [-0.1, -0.05) is 13.8 Å². The second-order valence-electron chi connectivity index (χ2n) is 8.13. The van der Waals surface area contributed by atoms with Crippen molar-refractivity contribution in [3.8, 4) is 11.8 Å². The fraction of sp³-hybridized carbons (Fsp3) is 0.478. The van der Waals surface area contributed by atoms with Crippen LogP contribution >= 0.6 is 0 Å². The molecule has 2 aromatic heterocycles. The molecule has 1 unspecified atom stereocenters. The third-order valence-electron chi connectivity index (χ3n) is 4.68. The third kappa shape index (κ3) is 9.10. The highest BCUT2D eigenvalue weighted by Crippen LogP contribution is 2.24. The molecular formula is C23H26F5N3O4. The van der Waals surface area contributed by atoms with Crippen LogP contribution in [0, 0.1) is 12.8 Å². The molecule has 35 heavy (non-hydrogen) atoms. The molecule has 2 aromatic rings. The van der Waals surface area contributed by atoms with E-state index in [0.29, 0.717) is 17.0 Å². The summed E-state index contributed by atoms with van der Waals surface area (Å²) >= 11 is 0. The quantitative estimate of drug-likeness (QED) is 0.450. The van der Waals surface area contributed by atoms with Crippen molar-refractivity contribution in [2.45, 2.75) is 52.8 Å². The van der Waals surface area contributed by atoms with Gasteiger partial charge in [-0.25, -0.2) is 8.78 Å². The van der Waals surface area contributed by atoms with Gasteiger partial charge in [-0.2, -0.15) is 18.2 Å². The predicted octanol–water partition coefficient (Wildman–Crippen LogP) is 4.63. The minimum Gasteiger partial charge on any atom is -0.471 e. The maximum Gasteiger partial charge on any atom is 0.422 e. The Morgan fingerprint density at radius 1 is 1.06 bits per heavy atom. The Morgan fingerprint density at radius 3 is 2.34 bits per heavy atom. The van der Waals surface area contributed by atoms with E-state index < -0.39 is 49.5 Å². The predicted molar refractivity (Wildman–Crippen MR) is 116 cm³/mol. The van der Waals surface area contributed by atoms with E-state index in [0.717, 1.165) is 12.1 Å². The minimum absolute atomic E-state index is 0.00506. The van der Waals surface area contributed by atoms with Gasteiger partial charge >= 0.3 is 6.18 Å². The number of hydrogen-bond acceptors (Lipinski definition) is 6. The first-order valence-electron chi connectivity index (χ1n) is 10.7. The number of halogens is 5. The molecule has 2 rings (SSSR count). The Kier molecular flexibility index (Phi) is 9.49. The highest BCUT2D eigenvalue weighted by atomic mass is 19.4. The molecule has 0 fully saturated rings. The fourth-order valence-corrected chi connectivity index (χ4v) is 2.93. The van der Waals surface area contributed by atoms with Gasteiger partial charge in [0.05, 0.1) is 6.04 Å². The van der Waals surface area contributed by atoms with Gasteiger partial charge in [-0.15, -0.1) is 0 Å². The van der Waals surface area contributed by atoms with Crippen LogP contribution < -0.4 is 14.8 Å². The molecule has 1 amide bonds. The summed E-state index contributed by atoms with van der Waals surface area (Å²) in [5.41, 5.74) is 1.54. The van der Waals surface area contributed by atoms with Crippen molar-refractivity contribution in [2.75, 3.05) is 13.2 Å². The number of Topliss-reactive ketones (excluding diaryl/α,β-unsaturated/α-hetero) is 1. The average Bonchev–Trinajstić information content (AvgIpc) is 2.75. The third-order valence-corrected chi connectivity index (χ3v) is 4.68. The number of aromatic nitrogens is 2. The van der Waals surface area contributed by atoms with Crippen molar-refractivity contribution in [3.63, 3.8) is 0 Å². The second-order valence-corrected chi connectivity index (χ2v) is 8.13. The van der Waals surface area contributed by atoms with E-state index in [1.807, 2.05) is 0 Å². The van der Waals surface area contributed by atoms with Crippen LogP contribution in [0.15, 0.2) is 24.3 Å². The van der Waals surface area contributed by atoms with Gasteiger partial charge in [0.2, 0.25) is 11.8 Å². The molecule has 0 aliphatic heterocycles. The molecule has 1 atom stereocenters. The number of hydrogen-bond donors (Lipinski definition) is 1. The van der Waals surface area contributed by atoms with Crippen molar-refractivity contribution in [3.05, 3.63) is 46.8 Å². The molecule has 0 aliphatic rings. The van der Waals surface area contributed by atoms with Gasteiger partial charge < -0.3 is 14.8 Å². The van der Waals surface area contributed by atoms with Crippen molar-refractivity contribution < 1.29 is 41.0 Å². The van der Waals surface area contributed by atoms with E-state index in [-0.39, 0.29) is 23.7 Å². The van der Waals surface area contributed by atoms with Crippen LogP contribution in [-0.2, 0) is 11.2 Å². The maximum atomic E-state index is 12.9. The highest BCUT2D eigenvalue weighted by molar-refractivity contribution is 5.96. The van der Waals surface area contributed by atoms with Gasteiger partial charge in [-0.3, -0.25) is 14.6 Å². The molecule has 7 nitrogen and oxygen atoms in total. The summed E-state index contributed by atoms with van der Waals surface area (Å²) in [5.74, 6) is -2.05. The smallest absolute Gasteiger partial charge is 0.422 e. The fourth-order valence-electron chi connectivity index (χ4n) is 2.93. The molecule has 0 saturated carbocycles. The molecule has 0 bridgehead atoms. The first-order chi connectivity index (χ1) is 16.2. The number of nitrogens with zero attached hydrogens (tertiary/aromatic N) is 2. The normalized spacial score (nSPS) is 12.5. The molecule has 0 aromatic carbocycles. The van der Waals surface area contributed by atoms with Crippen LogP contribution in [0.4, 0.5) is 22.0 Å². The Bertz CT molecular complexity index is 1040. The number of carbonyl (C=O) groups excluding carboxylic acids is 2. The molecule has 1 N–H and O–H groups in total. The lowest BCUT2D eigenvalue weighted by Crippen LogP contribution is -2.28. The Balaban J connectivity index is 2.24. The molecular weight excluding hydrogens is 477 g/mol. The number of carbonyl (C=O) groups is 2. The van der Waals surface area contributed by atoms with E-state index in [9.17, 15) is 31.5 Å². The SMILES string of the molecule is Cc1cc(C(C)NC(=O)c2ccc(OCC(F)(F)F)nc2OCC(F)F)cc(CC(=O)C(C)C)n1. The van der Waals surface area contributed by atoms with E-state index in [4.69, 9.17) is 4.74 Å². The largest absolute Gasteiger partial charge is 0.471 e. The zero-order chi connectivity index (χ0) is 26.3. The van der Waals surface area contributed by atoms with E-state index in [1.165, 1.54) is 0 Å². The molecule has 2 heterocycles. The lowest BCUT2D eigenvalue weighted by molar-refractivity contribution is -0.154. The van der Waals surface area contributed by atoms with Crippen LogP contribution in [0.1, 0.15) is 54.1 Å². The number of ketones is 1. The molecule has 0 saturated heterocycles. The van der Waals surface area contributed by atoms with E-state index in [2.05, 4.69) is 20.0 Å². The van der Waals surface area contributed by atoms with Gasteiger partial charge in [0.25, 0.3) is 12.3 Å². The molecule has 0 aliphatic carbocycles. The number of amides is 1. The van der Waals surface area contributed by atoms with E-state index in [1.54, 1.807) is 39.8 Å². The summed E-state index contributed by atoms with van der Waals surface area (Å²) in [6.07, 6.45) is -7.42. The Labute approximate surface area is 199 Å². The Morgan fingerprint density at radius 2 is 1.74 bits per heavy atom. The number of ether oxygens (including phenoxy) is 2. The van der Waals surface area contributed by atoms with Gasteiger partial charge in [0.1, 0.15) is 11.3 Å². The number of aryl methyl sites for hydroxylation is 1. The molecule has 12 heteroatoms. The van der Waals surface area contributed by atoms with Crippen molar-refractivity contribution >= 4 is 11.7 Å². The van der Waals surface area contributed by atoms with Crippen LogP contribution in [-0.4, -0.2) is 47.5 Å². The van der Waals surface area contributed by atoms with Crippen LogP contribution in [0.3, 0.4) is 0 Å². The zero-order valence-corrected chi connectivity index (χ0v) is 19.6. The lowest BCUT2D eigenvalue weighted by atomic mass is 10.0. The van der Waals surface area contributed by atoms with Crippen LogP contribution in [0.5, 0.6) is 11.8 Å². The maximum absolute atomic E-state index is 12.9. The number of alkyl halides is 5. The summed E-state index contributed by atoms with van der Waals surface area (Å²) in [6.45, 7) is 4.18. The second kappa shape index (κ2) is 11.9. The first kappa shape index (κ1) is 27.9. The monoisotopic (exact) mass is 503 g/mol. The Hall–Kier alpha value is -3.31. The van der Waals surface area contributed by atoms with E-state index >= 15 is 0 Å². The molecule has 192 valence electrons. The summed E-state index contributed by atoms with van der Waals surface area (Å²) in [7, 11) is 0. The standard InChI is InChI=1S/C23H26F5N3O4/c1-12(2)18(32)9-16-8-15(7-13(3)29-16)14(4)30-21(33)17-5-6-20(35-11-23(26,27)28)31-22(17)34-10-19(24)25/h5-8,12,14,19H,9-11H2,1-4H3,(H,30,33). The van der Waals surface area contributed by atoms with Crippen LogP contribution in [0.2, 0.25) is 0 Å². The minimum atomic E-state index is -4.64. The molecule has 0 spiro atoms. The van der Waals surface area contributed by atoms with Gasteiger partial charge in [-0.05, 0) is 37.6 Å².